The molecule has 0 unspecified atom stereocenters. The number of rotatable bonds is 6. The summed E-state index contributed by atoms with van der Waals surface area (Å²) in [6.45, 7) is 8.71. The quantitative estimate of drug-likeness (QED) is 0.703. The highest BCUT2D eigenvalue weighted by molar-refractivity contribution is 9.10. The zero-order valence-corrected chi connectivity index (χ0v) is 16.8. The van der Waals surface area contributed by atoms with Crippen molar-refractivity contribution in [1.29, 1.82) is 0 Å². The fourth-order valence-electron chi connectivity index (χ4n) is 2.04. The Bertz CT molecular complexity index is 638. The van der Waals surface area contributed by atoms with Crippen LogP contribution in [0.25, 0.3) is 0 Å². The fraction of sp³-hybridized carbons (Fsp3) is 0.500. The Morgan fingerprint density at radius 2 is 1.76 bits per heavy atom. The van der Waals surface area contributed by atoms with Crippen LogP contribution >= 0.6 is 15.9 Å². The van der Waals surface area contributed by atoms with Crippen molar-refractivity contribution in [2.75, 3.05) is 6.61 Å². The van der Waals surface area contributed by atoms with E-state index in [1.165, 1.54) is 0 Å². The molecule has 0 heterocycles. The van der Waals surface area contributed by atoms with E-state index in [0.717, 1.165) is 0 Å². The maximum atomic E-state index is 12.4. The van der Waals surface area contributed by atoms with Crippen molar-refractivity contribution in [3.8, 4) is 0 Å². The summed E-state index contributed by atoms with van der Waals surface area (Å²) in [5.74, 6) is -1.60. The van der Waals surface area contributed by atoms with Gasteiger partial charge in [0.2, 0.25) is 0 Å². The van der Waals surface area contributed by atoms with E-state index in [9.17, 15) is 14.4 Å². The number of carbonyl (C=O) groups excluding carboxylic acids is 3. The van der Waals surface area contributed by atoms with E-state index in [2.05, 4.69) is 26.6 Å². The van der Waals surface area contributed by atoms with E-state index in [1.807, 2.05) is 20.8 Å². The molecular formula is C18H25BrN2O4. The van der Waals surface area contributed by atoms with Crippen LogP contribution in [0.3, 0.4) is 0 Å². The number of halogens is 1. The van der Waals surface area contributed by atoms with Crippen LogP contribution in [-0.2, 0) is 14.3 Å². The Hall–Kier alpha value is -1.89. The average Bonchev–Trinajstić information content (AvgIpc) is 2.48. The Labute approximate surface area is 156 Å². The largest absolute Gasteiger partial charge is 0.454 e. The summed E-state index contributed by atoms with van der Waals surface area (Å²) in [5, 5.41) is 5.38. The predicted molar refractivity (Wildman–Crippen MR) is 99.1 cm³/mol. The number of hydrogen-bond acceptors (Lipinski definition) is 4. The second-order valence-electron chi connectivity index (χ2n) is 7.08. The van der Waals surface area contributed by atoms with Gasteiger partial charge in [0, 0.05) is 10.0 Å². The highest BCUT2D eigenvalue weighted by Crippen LogP contribution is 2.16. The third-order valence-electron chi connectivity index (χ3n) is 3.19. The van der Waals surface area contributed by atoms with Crippen LogP contribution in [0, 0.1) is 5.92 Å². The first-order valence-electron chi connectivity index (χ1n) is 8.04. The molecule has 1 aromatic carbocycles. The van der Waals surface area contributed by atoms with E-state index in [4.69, 9.17) is 4.74 Å². The van der Waals surface area contributed by atoms with Crippen molar-refractivity contribution >= 4 is 33.7 Å². The third kappa shape index (κ3) is 7.25. The zero-order valence-electron chi connectivity index (χ0n) is 15.2. The molecule has 0 aliphatic rings. The number of amides is 2. The Balaban J connectivity index is 2.70. The molecule has 7 heteroatoms. The van der Waals surface area contributed by atoms with E-state index < -0.39 is 17.6 Å². The van der Waals surface area contributed by atoms with Gasteiger partial charge in [-0.25, -0.2) is 4.79 Å². The van der Waals surface area contributed by atoms with Crippen LogP contribution in [0.4, 0.5) is 0 Å². The molecule has 2 N–H and O–H groups in total. The molecule has 138 valence electrons. The van der Waals surface area contributed by atoms with Gasteiger partial charge in [-0.3, -0.25) is 9.59 Å². The SMILES string of the molecule is CC(C)[C@H](NC(=O)c1ccccc1Br)C(=O)OCC(=O)NC(C)(C)C. The smallest absolute Gasteiger partial charge is 0.329 e. The van der Waals surface area contributed by atoms with Gasteiger partial charge in [0.05, 0.1) is 5.56 Å². The van der Waals surface area contributed by atoms with E-state index >= 15 is 0 Å². The Kier molecular flexibility index (Phi) is 7.60. The topological polar surface area (TPSA) is 84.5 Å². The molecule has 0 aliphatic carbocycles. The molecule has 1 rings (SSSR count). The molecule has 1 atom stereocenters. The number of carbonyl (C=O) groups is 3. The molecule has 0 saturated carbocycles. The van der Waals surface area contributed by atoms with Crippen molar-refractivity contribution in [2.45, 2.75) is 46.2 Å². The van der Waals surface area contributed by atoms with Crippen LogP contribution in [0.15, 0.2) is 28.7 Å². The van der Waals surface area contributed by atoms with Crippen LogP contribution < -0.4 is 10.6 Å². The van der Waals surface area contributed by atoms with E-state index in [1.54, 1.807) is 38.1 Å². The molecular weight excluding hydrogens is 388 g/mol. The fourth-order valence-corrected chi connectivity index (χ4v) is 2.51. The summed E-state index contributed by atoms with van der Waals surface area (Å²) in [6, 6.07) is 6.08. The number of esters is 1. The summed E-state index contributed by atoms with van der Waals surface area (Å²) < 4.78 is 5.70. The summed E-state index contributed by atoms with van der Waals surface area (Å²) in [4.78, 5) is 36.4. The normalized spacial score (nSPS) is 12.4. The lowest BCUT2D eigenvalue weighted by atomic mass is 10.0. The minimum absolute atomic E-state index is 0.190. The maximum absolute atomic E-state index is 12.4. The molecule has 0 radical (unpaired) electrons. The lowest BCUT2D eigenvalue weighted by molar-refractivity contribution is -0.151. The van der Waals surface area contributed by atoms with Crippen molar-refractivity contribution < 1.29 is 19.1 Å². The van der Waals surface area contributed by atoms with Gasteiger partial charge in [-0.05, 0) is 54.8 Å². The van der Waals surface area contributed by atoms with Gasteiger partial charge < -0.3 is 15.4 Å². The summed E-state index contributed by atoms with van der Waals surface area (Å²) >= 11 is 3.31. The minimum Gasteiger partial charge on any atom is -0.454 e. The molecule has 6 nitrogen and oxygen atoms in total. The van der Waals surface area contributed by atoms with Crippen LogP contribution in [0.1, 0.15) is 45.0 Å². The van der Waals surface area contributed by atoms with E-state index in [0.29, 0.717) is 10.0 Å². The molecule has 2 amide bonds. The second kappa shape index (κ2) is 8.99. The lowest BCUT2D eigenvalue weighted by Crippen LogP contribution is -2.47. The molecule has 0 aromatic heterocycles. The van der Waals surface area contributed by atoms with Gasteiger partial charge in [0.1, 0.15) is 6.04 Å². The first-order chi connectivity index (χ1) is 11.5. The number of benzene rings is 1. The first kappa shape index (κ1) is 21.2. The van der Waals surface area contributed by atoms with Crippen LogP contribution in [-0.4, -0.2) is 36.0 Å². The monoisotopic (exact) mass is 412 g/mol. The number of ether oxygens (including phenoxy) is 1. The molecule has 0 saturated heterocycles. The van der Waals surface area contributed by atoms with Gasteiger partial charge in [0.15, 0.2) is 6.61 Å². The van der Waals surface area contributed by atoms with Gasteiger partial charge in [-0.1, -0.05) is 26.0 Å². The third-order valence-corrected chi connectivity index (χ3v) is 3.88. The summed E-state index contributed by atoms with van der Waals surface area (Å²) in [7, 11) is 0. The van der Waals surface area contributed by atoms with E-state index in [-0.39, 0.29) is 24.3 Å². The van der Waals surface area contributed by atoms with Crippen molar-refractivity contribution in [1.82, 2.24) is 10.6 Å². The standard InChI is InChI=1S/C18H25BrN2O4/c1-11(2)15(17(24)25-10-14(22)21-18(3,4)5)20-16(23)12-8-6-7-9-13(12)19/h6-9,11,15H,10H2,1-5H3,(H,20,23)(H,21,22)/t15-/m0/s1. The van der Waals surface area contributed by atoms with Crippen molar-refractivity contribution in [3.63, 3.8) is 0 Å². The van der Waals surface area contributed by atoms with Gasteiger partial charge >= 0.3 is 5.97 Å². The lowest BCUT2D eigenvalue weighted by Gasteiger charge is -2.23. The molecule has 25 heavy (non-hydrogen) atoms. The molecule has 0 fully saturated rings. The summed E-state index contributed by atoms with van der Waals surface area (Å²) in [6.07, 6.45) is 0. The Morgan fingerprint density at radius 3 is 2.28 bits per heavy atom. The van der Waals surface area contributed by atoms with Crippen molar-refractivity contribution in [2.24, 2.45) is 5.92 Å². The zero-order chi connectivity index (χ0) is 19.2. The van der Waals surface area contributed by atoms with Gasteiger partial charge in [-0.15, -0.1) is 0 Å². The first-order valence-corrected chi connectivity index (χ1v) is 8.83. The predicted octanol–water partition coefficient (Wildman–Crippen LogP) is 2.66. The Morgan fingerprint density at radius 1 is 1.16 bits per heavy atom. The minimum atomic E-state index is -0.845. The maximum Gasteiger partial charge on any atom is 0.329 e. The van der Waals surface area contributed by atoms with Crippen LogP contribution in [0.5, 0.6) is 0 Å². The molecule has 0 spiro atoms. The van der Waals surface area contributed by atoms with Gasteiger partial charge in [-0.2, -0.15) is 0 Å². The van der Waals surface area contributed by atoms with Crippen LogP contribution in [0.2, 0.25) is 0 Å². The highest BCUT2D eigenvalue weighted by atomic mass is 79.9. The highest BCUT2D eigenvalue weighted by Gasteiger charge is 2.27. The molecule has 0 aliphatic heterocycles. The van der Waals surface area contributed by atoms with Gasteiger partial charge in [0.25, 0.3) is 11.8 Å². The average molecular weight is 413 g/mol. The molecule has 0 bridgehead atoms. The second-order valence-corrected chi connectivity index (χ2v) is 7.94. The summed E-state index contributed by atoms with van der Waals surface area (Å²) in [5.41, 5.74) is 0.0146. The number of nitrogens with one attached hydrogen (secondary N) is 2. The number of hydrogen-bond donors (Lipinski definition) is 2. The van der Waals surface area contributed by atoms with Crippen molar-refractivity contribution in [3.05, 3.63) is 34.3 Å². The molecule has 1 aromatic rings.